The molecule has 0 amide bonds. The number of benzene rings is 2. The molecule has 1 fully saturated rings. The number of hydrogen-bond donors (Lipinski definition) is 0. The second-order valence-electron chi connectivity index (χ2n) is 8.86. The van der Waals surface area contributed by atoms with E-state index in [2.05, 4.69) is 80.5 Å². The first-order valence-corrected chi connectivity index (χ1v) is 11.5. The first kappa shape index (κ1) is 20.0. The van der Waals surface area contributed by atoms with Crippen LogP contribution in [0.15, 0.2) is 73.4 Å². The van der Waals surface area contributed by atoms with Gasteiger partial charge in [0, 0.05) is 18.3 Å². The zero-order chi connectivity index (χ0) is 20.9. The summed E-state index contributed by atoms with van der Waals surface area (Å²) < 4.78 is 4.42. The number of likely N-dealkylation sites (tertiary alicyclic amines) is 1. The van der Waals surface area contributed by atoms with Gasteiger partial charge in [0.15, 0.2) is 0 Å². The Labute approximate surface area is 184 Å². The van der Waals surface area contributed by atoms with Crippen LogP contribution in [0, 0.1) is 5.92 Å². The summed E-state index contributed by atoms with van der Waals surface area (Å²) in [5.41, 5.74) is 4.10. The van der Waals surface area contributed by atoms with E-state index in [1.807, 2.05) is 4.57 Å². The molecule has 0 N–H and O–H groups in total. The van der Waals surface area contributed by atoms with Crippen molar-refractivity contribution in [2.24, 2.45) is 5.92 Å². The van der Waals surface area contributed by atoms with Crippen LogP contribution in [-0.4, -0.2) is 43.9 Å². The van der Waals surface area contributed by atoms with E-state index in [9.17, 15) is 0 Å². The maximum Gasteiger partial charge on any atom is 0.119 e. The molecule has 4 aromatic rings. The number of rotatable bonds is 8. The minimum atomic E-state index is 0.812. The molecule has 0 aliphatic carbocycles. The quantitative estimate of drug-likeness (QED) is 0.423. The summed E-state index contributed by atoms with van der Waals surface area (Å²) in [6, 6.07) is 19.9. The summed E-state index contributed by atoms with van der Waals surface area (Å²) in [6.07, 6.45) is 10.9. The van der Waals surface area contributed by atoms with Gasteiger partial charge in [-0.15, -0.1) is 10.2 Å². The first-order chi connectivity index (χ1) is 15.3. The number of aromatic nitrogens is 4. The molecular weight excluding hydrogens is 382 g/mol. The Balaban J connectivity index is 1.11. The van der Waals surface area contributed by atoms with Gasteiger partial charge in [-0.25, -0.2) is 0 Å². The fourth-order valence-corrected chi connectivity index (χ4v) is 4.86. The molecule has 5 heteroatoms. The summed E-state index contributed by atoms with van der Waals surface area (Å²) in [4.78, 5) is 2.66. The molecule has 2 aromatic heterocycles. The molecule has 1 saturated heterocycles. The van der Waals surface area contributed by atoms with Crippen molar-refractivity contribution in [1.82, 2.24) is 24.2 Å². The number of piperidine rings is 1. The molecule has 5 nitrogen and oxygen atoms in total. The van der Waals surface area contributed by atoms with E-state index in [0.29, 0.717) is 0 Å². The Hall–Kier alpha value is -2.92. The molecule has 0 atom stereocenters. The van der Waals surface area contributed by atoms with Gasteiger partial charge in [-0.2, -0.15) is 0 Å². The maximum absolute atomic E-state index is 3.90. The average molecular weight is 414 g/mol. The monoisotopic (exact) mass is 413 g/mol. The van der Waals surface area contributed by atoms with Crippen molar-refractivity contribution in [2.45, 2.75) is 38.8 Å². The summed E-state index contributed by atoms with van der Waals surface area (Å²) in [5, 5.41) is 9.12. The Bertz CT molecular complexity index is 1080. The summed E-state index contributed by atoms with van der Waals surface area (Å²) in [7, 11) is 0. The SMILES string of the molecule is c1ccc(CC2CCN(CCCn3ccc4ccc(Cn5cnnc5)cc43)CC2)cc1. The third-order valence-corrected chi connectivity index (χ3v) is 6.62. The Morgan fingerprint density at radius 3 is 2.45 bits per heavy atom. The molecule has 0 spiro atoms. The number of hydrogen-bond acceptors (Lipinski definition) is 3. The van der Waals surface area contributed by atoms with Crippen LogP contribution in [0.5, 0.6) is 0 Å². The van der Waals surface area contributed by atoms with Crippen molar-refractivity contribution in [3.8, 4) is 0 Å². The van der Waals surface area contributed by atoms with Crippen molar-refractivity contribution >= 4 is 10.9 Å². The largest absolute Gasteiger partial charge is 0.347 e. The van der Waals surface area contributed by atoms with Gasteiger partial charge in [0.25, 0.3) is 0 Å². The predicted molar refractivity (Wildman–Crippen MR) is 125 cm³/mol. The number of nitrogens with zero attached hydrogens (tertiary/aromatic N) is 5. The Morgan fingerprint density at radius 2 is 1.65 bits per heavy atom. The third-order valence-electron chi connectivity index (χ3n) is 6.62. The average Bonchev–Trinajstić information content (AvgIpc) is 3.46. The van der Waals surface area contributed by atoms with Crippen molar-refractivity contribution in [3.63, 3.8) is 0 Å². The van der Waals surface area contributed by atoms with Crippen molar-refractivity contribution in [1.29, 1.82) is 0 Å². The zero-order valence-electron chi connectivity index (χ0n) is 18.1. The van der Waals surface area contributed by atoms with Crippen molar-refractivity contribution < 1.29 is 0 Å². The standard InChI is InChI=1S/C26H31N5/c1-2-5-22(6-3-1)17-23-9-14-29(15-10-23)12-4-13-31-16-11-25-8-7-24(18-26(25)31)19-30-20-27-28-21-30/h1-3,5-8,11,16,18,20-21,23H,4,9-10,12-15,17,19H2. The van der Waals surface area contributed by atoms with Crippen LogP contribution in [0.3, 0.4) is 0 Å². The highest BCUT2D eigenvalue weighted by Gasteiger charge is 2.19. The Kier molecular flexibility index (Phi) is 6.12. The second kappa shape index (κ2) is 9.48. The van der Waals surface area contributed by atoms with Gasteiger partial charge in [0.05, 0.1) is 6.54 Å². The van der Waals surface area contributed by atoms with E-state index >= 15 is 0 Å². The van der Waals surface area contributed by atoms with Crippen molar-refractivity contribution in [3.05, 3.63) is 84.6 Å². The van der Waals surface area contributed by atoms with E-state index in [1.165, 1.54) is 67.3 Å². The smallest absolute Gasteiger partial charge is 0.119 e. The summed E-state index contributed by atoms with van der Waals surface area (Å²) >= 11 is 0. The van der Waals surface area contributed by atoms with Crippen LogP contribution in [0.4, 0.5) is 0 Å². The van der Waals surface area contributed by atoms with Crippen LogP contribution in [-0.2, 0) is 19.5 Å². The van der Waals surface area contributed by atoms with Gasteiger partial charge in [0.1, 0.15) is 12.7 Å². The van der Waals surface area contributed by atoms with E-state index in [4.69, 9.17) is 0 Å². The fourth-order valence-electron chi connectivity index (χ4n) is 4.86. The lowest BCUT2D eigenvalue weighted by molar-refractivity contribution is 0.180. The topological polar surface area (TPSA) is 38.9 Å². The van der Waals surface area contributed by atoms with Crippen LogP contribution in [0.2, 0.25) is 0 Å². The number of aryl methyl sites for hydroxylation is 1. The number of fused-ring (bicyclic) bond motifs is 1. The van der Waals surface area contributed by atoms with Crippen molar-refractivity contribution in [2.75, 3.05) is 19.6 Å². The second-order valence-corrected chi connectivity index (χ2v) is 8.86. The van der Waals surface area contributed by atoms with E-state index in [-0.39, 0.29) is 0 Å². The summed E-state index contributed by atoms with van der Waals surface area (Å²) in [6.45, 7) is 5.56. The highest BCUT2D eigenvalue weighted by molar-refractivity contribution is 5.80. The third kappa shape index (κ3) is 5.05. The van der Waals surface area contributed by atoms with E-state index in [1.54, 1.807) is 12.7 Å². The van der Waals surface area contributed by atoms with Crippen LogP contribution < -0.4 is 0 Å². The lowest BCUT2D eigenvalue weighted by Crippen LogP contribution is -2.35. The van der Waals surface area contributed by atoms with Gasteiger partial charge < -0.3 is 14.0 Å². The molecule has 0 radical (unpaired) electrons. The molecule has 31 heavy (non-hydrogen) atoms. The molecule has 3 heterocycles. The van der Waals surface area contributed by atoms with Gasteiger partial charge in [-0.05, 0) is 79.9 Å². The molecule has 0 unspecified atom stereocenters. The lowest BCUT2D eigenvalue weighted by atomic mass is 9.90. The van der Waals surface area contributed by atoms with Gasteiger partial charge >= 0.3 is 0 Å². The maximum atomic E-state index is 3.90. The van der Waals surface area contributed by atoms with E-state index in [0.717, 1.165) is 19.0 Å². The normalized spacial score (nSPS) is 15.6. The fraction of sp³-hybridized carbons (Fsp3) is 0.385. The van der Waals surface area contributed by atoms with Gasteiger partial charge in [-0.3, -0.25) is 0 Å². The Morgan fingerprint density at radius 1 is 0.839 bits per heavy atom. The lowest BCUT2D eigenvalue weighted by Gasteiger charge is -2.32. The molecule has 1 aliphatic heterocycles. The van der Waals surface area contributed by atoms with Crippen LogP contribution in [0.1, 0.15) is 30.4 Å². The summed E-state index contributed by atoms with van der Waals surface area (Å²) in [5.74, 6) is 0.844. The molecule has 0 saturated carbocycles. The molecule has 160 valence electrons. The highest BCUT2D eigenvalue weighted by Crippen LogP contribution is 2.22. The molecule has 5 rings (SSSR count). The van der Waals surface area contributed by atoms with Gasteiger partial charge in [-0.1, -0.05) is 42.5 Å². The molecular formula is C26H31N5. The first-order valence-electron chi connectivity index (χ1n) is 11.5. The van der Waals surface area contributed by atoms with Gasteiger partial charge in [0.2, 0.25) is 0 Å². The van der Waals surface area contributed by atoms with Crippen LogP contribution >= 0.6 is 0 Å². The molecule has 0 bridgehead atoms. The predicted octanol–water partition coefficient (Wildman–Crippen LogP) is 4.63. The zero-order valence-corrected chi connectivity index (χ0v) is 18.1. The van der Waals surface area contributed by atoms with Crippen LogP contribution in [0.25, 0.3) is 10.9 Å². The minimum Gasteiger partial charge on any atom is -0.347 e. The molecule has 2 aromatic carbocycles. The van der Waals surface area contributed by atoms with E-state index < -0.39 is 0 Å². The molecule has 1 aliphatic rings. The highest BCUT2D eigenvalue weighted by atomic mass is 15.2. The minimum absolute atomic E-state index is 0.812.